The minimum atomic E-state index is -0.794. The zero-order valence-electron chi connectivity index (χ0n) is 16.4. The molecule has 0 bridgehead atoms. The first-order chi connectivity index (χ1) is 14.4. The molecule has 0 aliphatic rings. The van der Waals surface area contributed by atoms with E-state index in [0.29, 0.717) is 18.7 Å². The van der Waals surface area contributed by atoms with Crippen molar-refractivity contribution in [2.75, 3.05) is 5.32 Å². The van der Waals surface area contributed by atoms with Crippen molar-refractivity contribution < 1.29 is 18.4 Å². The summed E-state index contributed by atoms with van der Waals surface area (Å²) in [6, 6.07) is 13.3. The monoisotopic (exact) mass is 412 g/mol. The number of carbonyl (C=O) groups excluding carboxylic acids is 2. The van der Waals surface area contributed by atoms with Crippen LogP contribution in [0.2, 0.25) is 0 Å². The number of nitrogens with one attached hydrogen (secondary N) is 3. The van der Waals surface area contributed by atoms with Gasteiger partial charge in [0.2, 0.25) is 11.8 Å². The Bertz CT molecular complexity index is 1000. The lowest BCUT2D eigenvalue weighted by molar-refractivity contribution is -0.126. The number of anilines is 1. The molecule has 1 heterocycles. The normalized spacial score (nSPS) is 11.7. The third kappa shape index (κ3) is 5.73. The molecule has 0 saturated heterocycles. The fourth-order valence-electron chi connectivity index (χ4n) is 3.07. The number of H-pyrrole nitrogens is 1. The largest absolute Gasteiger partial charge is 0.344 e. The Balaban J connectivity index is 1.63. The molecule has 3 aromatic rings. The second-order valence-corrected chi connectivity index (χ2v) is 6.89. The van der Waals surface area contributed by atoms with Crippen LogP contribution in [0.5, 0.6) is 0 Å². The first kappa shape index (κ1) is 21.2. The van der Waals surface area contributed by atoms with Crippen molar-refractivity contribution in [3.05, 3.63) is 71.8 Å². The van der Waals surface area contributed by atoms with Crippen LogP contribution in [0.3, 0.4) is 0 Å². The lowest BCUT2D eigenvalue weighted by Crippen LogP contribution is -2.44. The number of rotatable bonds is 8. The summed E-state index contributed by atoms with van der Waals surface area (Å²) >= 11 is 0. The van der Waals surface area contributed by atoms with Crippen molar-refractivity contribution in [3.8, 4) is 11.3 Å². The van der Waals surface area contributed by atoms with Crippen molar-refractivity contribution >= 4 is 17.6 Å². The molecule has 2 amide bonds. The van der Waals surface area contributed by atoms with Crippen LogP contribution >= 0.6 is 0 Å². The van der Waals surface area contributed by atoms with Crippen LogP contribution in [0.15, 0.2) is 54.6 Å². The van der Waals surface area contributed by atoms with Crippen LogP contribution in [0.25, 0.3) is 11.3 Å². The maximum atomic E-state index is 13.3. The zero-order valence-corrected chi connectivity index (χ0v) is 16.4. The number of nitrogens with zero attached hydrogens (tertiary/aromatic N) is 1. The molecule has 1 unspecified atom stereocenters. The van der Waals surface area contributed by atoms with Crippen molar-refractivity contribution in [2.24, 2.45) is 0 Å². The van der Waals surface area contributed by atoms with Gasteiger partial charge in [-0.05, 0) is 29.7 Å². The average Bonchev–Trinajstić information content (AvgIpc) is 3.16. The van der Waals surface area contributed by atoms with E-state index < -0.39 is 29.5 Å². The second-order valence-electron chi connectivity index (χ2n) is 6.89. The molecule has 30 heavy (non-hydrogen) atoms. The quantitative estimate of drug-likeness (QED) is 0.526. The molecule has 3 rings (SSSR count). The van der Waals surface area contributed by atoms with E-state index >= 15 is 0 Å². The summed E-state index contributed by atoms with van der Waals surface area (Å²) in [6.07, 6.45) is 0.830. The highest BCUT2D eigenvalue weighted by molar-refractivity contribution is 5.97. The Kier molecular flexibility index (Phi) is 6.90. The Morgan fingerprint density at radius 2 is 1.77 bits per heavy atom. The summed E-state index contributed by atoms with van der Waals surface area (Å²) in [5, 5.41) is 12.3. The summed E-state index contributed by atoms with van der Waals surface area (Å²) in [7, 11) is 0. The molecule has 1 atom stereocenters. The molecule has 0 radical (unpaired) electrons. The molecule has 0 saturated carbocycles. The van der Waals surface area contributed by atoms with Crippen molar-refractivity contribution in [1.29, 1.82) is 0 Å². The number of halogens is 2. The first-order valence-electron chi connectivity index (χ1n) is 9.60. The number of benzene rings is 2. The Morgan fingerprint density at radius 1 is 1.07 bits per heavy atom. The van der Waals surface area contributed by atoms with Crippen LogP contribution in [0, 0.1) is 11.6 Å². The molecular weight excluding hydrogens is 390 g/mol. The fourth-order valence-corrected chi connectivity index (χ4v) is 3.07. The highest BCUT2D eigenvalue weighted by Gasteiger charge is 2.21. The van der Waals surface area contributed by atoms with Gasteiger partial charge in [-0.2, -0.15) is 5.10 Å². The number of hydrogen-bond acceptors (Lipinski definition) is 3. The van der Waals surface area contributed by atoms with Crippen LogP contribution in [0.1, 0.15) is 25.3 Å². The Labute approximate surface area is 172 Å². The molecule has 6 nitrogen and oxygen atoms in total. The highest BCUT2D eigenvalue weighted by Crippen LogP contribution is 2.19. The van der Waals surface area contributed by atoms with Crippen molar-refractivity contribution in [1.82, 2.24) is 15.5 Å². The topological polar surface area (TPSA) is 86.9 Å². The summed E-state index contributed by atoms with van der Waals surface area (Å²) in [4.78, 5) is 25.0. The standard InChI is InChI=1S/C22H22F2N4O2/c1-2-6-18(25-21(29)11-14-9-16(23)12-17(24)10-14)22(30)26-20-13-19(27-28-20)15-7-4-3-5-8-15/h3-5,7-10,12-13,18H,2,6,11H2,1H3,(H,25,29)(H2,26,27,28,30). The minimum absolute atomic E-state index is 0.195. The van der Waals surface area contributed by atoms with Gasteiger partial charge in [0.15, 0.2) is 5.82 Å². The zero-order chi connectivity index (χ0) is 21.5. The van der Waals surface area contributed by atoms with Gasteiger partial charge in [0.1, 0.15) is 17.7 Å². The molecular formula is C22H22F2N4O2. The molecule has 0 aliphatic carbocycles. The van der Waals surface area contributed by atoms with E-state index in [9.17, 15) is 18.4 Å². The molecule has 1 aromatic heterocycles. The summed E-state index contributed by atoms with van der Waals surface area (Å²) in [6.45, 7) is 1.89. The van der Waals surface area contributed by atoms with E-state index in [-0.39, 0.29) is 12.0 Å². The van der Waals surface area contributed by atoms with Crippen molar-refractivity contribution in [2.45, 2.75) is 32.2 Å². The van der Waals surface area contributed by atoms with Gasteiger partial charge in [0.25, 0.3) is 0 Å². The fraction of sp³-hybridized carbons (Fsp3) is 0.227. The number of aromatic amines is 1. The SMILES string of the molecule is CCCC(NC(=O)Cc1cc(F)cc(F)c1)C(=O)Nc1cc(-c2ccccc2)[nH]n1. The van der Waals surface area contributed by atoms with E-state index in [4.69, 9.17) is 0 Å². The first-order valence-corrected chi connectivity index (χ1v) is 9.60. The molecule has 3 N–H and O–H groups in total. The van der Waals surface area contributed by atoms with Crippen LogP contribution < -0.4 is 10.6 Å². The van der Waals surface area contributed by atoms with Gasteiger partial charge in [0.05, 0.1) is 12.1 Å². The number of carbonyl (C=O) groups is 2. The van der Waals surface area contributed by atoms with Gasteiger partial charge in [-0.3, -0.25) is 14.7 Å². The van der Waals surface area contributed by atoms with Gasteiger partial charge in [-0.1, -0.05) is 43.7 Å². The molecule has 2 aromatic carbocycles. The third-order valence-corrected chi connectivity index (χ3v) is 4.43. The van der Waals surface area contributed by atoms with E-state index in [1.54, 1.807) is 6.07 Å². The average molecular weight is 412 g/mol. The van der Waals surface area contributed by atoms with Gasteiger partial charge in [0, 0.05) is 12.1 Å². The smallest absolute Gasteiger partial charge is 0.248 e. The van der Waals surface area contributed by atoms with Crippen LogP contribution in [-0.4, -0.2) is 28.1 Å². The summed E-state index contributed by atoms with van der Waals surface area (Å²) in [5.74, 6) is -2.09. The highest BCUT2D eigenvalue weighted by atomic mass is 19.1. The van der Waals surface area contributed by atoms with Crippen LogP contribution in [-0.2, 0) is 16.0 Å². The minimum Gasteiger partial charge on any atom is -0.344 e. The van der Waals surface area contributed by atoms with Crippen LogP contribution in [0.4, 0.5) is 14.6 Å². The molecule has 156 valence electrons. The maximum Gasteiger partial charge on any atom is 0.248 e. The number of amides is 2. The second kappa shape index (κ2) is 9.78. The van der Waals surface area contributed by atoms with E-state index in [1.165, 1.54) is 0 Å². The number of hydrogen-bond donors (Lipinski definition) is 3. The predicted octanol–water partition coefficient (Wildman–Crippen LogP) is 3.82. The molecule has 8 heteroatoms. The lowest BCUT2D eigenvalue weighted by Gasteiger charge is -2.17. The van der Waals surface area contributed by atoms with Gasteiger partial charge in [-0.25, -0.2) is 8.78 Å². The molecule has 0 aliphatic heterocycles. The molecule has 0 fully saturated rings. The van der Waals surface area contributed by atoms with Gasteiger partial charge in [-0.15, -0.1) is 0 Å². The third-order valence-electron chi connectivity index (χ3n) is 4.43. The Hall–Kier alpha value is -3.55. The summed E-state index contributed by atoms with van der Waals surface area (Å²) in [5.41, 5.74) is 1.86. The van der Waals surface area contributed by atoms with Gasteiger partial charge < -0.3 is 10.6 Å². The van der Waals surface area contributed by atoms with Gasteiger partial charge >= 0.3 is 0 Å². The maximum absolute atomic E-state index is 13.3. The molecule has 0 spiro atoms. The van der Waals surface area contributed by atoms with E-state index in [1.807, 2.05) is 37.3 Å². The lowest BCUT2D eigenvalue weighted by atomic mass is 10.1. The van der Waals surface area contributed by atoms with E-state index in [2.05, 4.69) is 20.8 Å². The predicted molar refractivity (Wildman–Crippen MR) is 110 cm³/mol. The summed E-state index contributed by atoms with van der Waals surface area (Å²) < 4.78 is 26.6. The number of aromatic nitrogens is 2. The Morgan fingerprint density at radius 3 is 2.43 bits per heavy atom. The van der Waals surface area contributed by atoms with E-state index in [0.717, 1.165) is 29.5 Å². The van der Waals surface area contributed by atoms with Crippen molar-refractivity contribution in [3.63, 3.8) is 0 Å².